The van der Waals surface area contributed by atoms with E-state index in [0.29, 0.717) is 17.7 Å². The Balaban J connectivity index is 1.68. The molecule has 0 radical (unpaired) electrons. The number of piperidine rings is 1. The van der Waals surface area contributed by atoms with E-state index in [1.54, 1.807) is 4.68 Å². The molecule has 1 fully saturated rings. The summed E-state index contributed by atoms with van der Waals surface area (Å²) >= 11 is 0. The minimum absolute atomic E-state index is 0.0822. The van der Waals surface area contributed by atoms with E-state index in [0.717, 1.165) is 37.4 Å². The molecule has 23 heavy (non-hydrogen) atoms. The number of aryl methyl sites for hydroxylation is 2. The summed E-state index contributed by atoms with van der Waals surface area (Å²) in [6.45, 7) is 7.81. The lowest BCUT2D eigenvalue weighted by atomic mass is 9.95. The molecule has 3 rings (SSSR count). The van der Waals surface area contributed by atoms with Crippen LogP contribution in [0.5, 0.6) is 0 Å². The van der Waals surface area contributed by atoms with Crippen LogP contribution >= 0.6 is 0 Å². The quantitative estimate of drug-likeness (QED) is 0.874. The lowest BCUT2D eigenvalue weighted by molar-refractivity contribution is 0.0699. The van der Waals surface area contributed by atoms with E-state index in [1.165, 1.54) is 0 Å². The third kappa shape index (κ3) is 3.02. The molecule has 0 atom stereocenters. The largest absolute Gasteiger partial charge is 0.337 e. The maximum Gasteiger partial charge on any atom is 0.272 e. The SMILES string of the molecule is Cc1cc(C(=O)N2CCC(c3nccn3C(C)C)CC2)n(C)n1. The predicted octanol–water partition coefficient (Wildman–Crippen LogP) is 2.53. The molecule has 2 aromatic heterocycles. The highest BCUT2D eigenvalue weighted by Gasteiger charge is 2.28. The van der Waals surface area contributed by atoms with Crippen molar-refractivity contribution in [3.63, 3.8) is 0 Å². The first kappa shape index (κ1) is 15.8. The Kier molecular flexibility index (Phi) is 4.24. The van der Waals surface area contributed by atoms with Crippen LogP contribution in [0.1, 0.15) is 60.7 Å². The van der Waals surface area contributed by atoms with Gasteiger partial charge < -0.3 is 9.47 Å². The molecule has 0 spiro atoms. The summed E-state index contributed by atoms with van der Waals surface area (Å²) in [6, 6.07) is 2.28. The lowest BCUT2D eigenvalue weighted by Gasteiger charge is -2.32. The molecule has 3 heterocycles. The van der Waals surface area contributed by atoms with Crippen molar-refractivity contribution in [3.05, 3.63) is 35.7 Å². The van der Waals surface area contributed by atoms with Crippen LogP contribution in [0.15, 0.2) is 18.5 Å². The summed E-state index contributed by atoms with van der Waals surface area (Å²) < 4.78 is 3.92. The van der Waals surface area contributed by atoms with Crippen molar-refractivity contribution >= 4 is 5.91 Å². The van der Waals surface area contributed by atoms with Crippen LogP contribution in [0.25, 0.3) is 0 Å². The second-order valence-corrected chi connectivity index (χ2v) is 6.65. The molecule has 1 aliphatic rings. The number of rotatable bonds is 3. The minimum atomic E-state index is 0.0822. The summed E-state index contributed by atoms with van der Waals surface area (Å²) in [4.78, 5) is 19.1. The Hall–Kier alpha value is -2.11. The number of imidazole rings is 1. The average Bonchev–Trinajstić information content (AvgIpc) is 3.13. The van der Waals surface area contributed by atoms with Crippen LogP contribution in [0, 0.1) is 6.92 Å². The van der Waals surface area contributed by atoms with Crippen LogP contribution in [-0.4, -0.2) is 43.2 Å². The van der Waals surface area contributed by atoms with Crippen LogP contribution in [0.3, 0.4) is 0 Å². The number of carbonyl (C=O) groups excluding carboxylic acids is 1. The van der Waals surface area contributed by atoms with Gasteiger partial charge in [-0.05, 0) is 39.7 Å². The van der Waals surface area contributed by atoms with E-state index >= 15 is 0 Å². The molecular formula is C17H25N5O. The van der Waals surface area contributed by atoms with Gasteiger partial charge in [-0.2, -0.15) is 5.10 Å². The van der Waals surface area contributed by atoms with E-state index in [9.17, 15) is 4.79 Å². The normalized spacial score (nSPS) is 16.3. The van der Waals surface area contributed by atoms with E-state index in [1.807, 2.05) is 31.1 Å². The molecular weight excluding hydrogens is 290 g/mol. The number of likely N-dealkylation sites (tertiary alicyclic amines) is 1. The first-order valence-electron chi connectivity index (χ1n) is 8.30. The Labute approximate surface area is 137 Å². The molecule has 1 aliphatic heterocycles. The van der Waals surface area contributed by atoms with Crippen molar-refractivity contribution in [3.8, 4) is 0 Å². The second kappa shape index (κ2) is 6.18. The van der Waals surface area contributed by atoms with Gasteiger partial charge >= 0.3 is 0 Å². The van der Waals surface area contributed by atoms with Gasteiger partial charge in [-0.25, -0.2) is 4.98 Å². The summed E-state index contributed by atoms with van der Waals surface area (Å²) in [5, 5.41) is 4.27. The molecule has 0 N–H and O–H groups in total. The predicted molar refractivity (Wildman–Crippen MR) is 88.4 cm³/mol. The van der Waals surface area contributed by atoms with Crippen molar-refractivity contribution in [1.29, 1.82) is 0 Å². The lowest BCUT2D eigenvalue weighted by Crippen LogP contribution is -2.39. The molecule has 1 amide bonds. The standard InChI is InChI=1S/C17H25N5O/c1-12(2)22-10-7-18-16(22)14-5-8-21(9-6-14)17(23)15-11-13(3)19-20(15)4/h7,10-12,14H,5-6,8-9H2,1-4H3. The minimum Gasteiger partial charge on any atom is -0.337 e. The van der Waals surface area contributed by atoms with Gasteiger partial charge in [0.25, 0.3) is 5.91 Å². The topological polar surface area (TPSA) is 56.0 Å². The summed E-state index contributed by atoms with van der Waals surface area (Å²) in [5.74, 6) is 1.67. The number of nitrogens with zero attached hydrogens (tertiary/aromatic N) is 5. The van der Waals surface area contributed by atoms with Crippen molar-refractivity contribution in [2.45, 2.75) is 45.6 Å². The first-order valence-corrected chi connectivity index (χ1v) is 8.30. The summed E-state index contributed by atoms with van der Waals surface area (Å²) in [7, 11) is 1.83. The highest BCUT2D eigenvalue weighted by molar-refractivity contribution is 5.92. The molecule has 124 valence electrons. The van der Waals surface area contributed by atoms with Gasteiger partial charge in [0.1, 0.15) is 11.5 Å². The molecule has 6 heteroatoms. The highest BCUT2D eigenvalue weighted by atomic mass is 16.2. The molecule has 6 nitrogen and oxygen atoms in total. The zero-order valence-corrected chi connectivity index (χ0v) is 14.4. The van der Waals surface area contributed by atoms with E-state index < -0.39 is 0 Å². The molecule has 0 bridgehead atoms. The number of aromatic nitrogens is 4. The highest BCUT2D eigenvalue weighted by Crippen LogP contribution is 2.29. The summed E-state index contributed by atoms with van der Waals surface area (Å²) in [6.07, 6.45) is 5.86. The Morgan fingerprint density at radius 3 is 2.57 bits per heavy atom. The monoisotopic (exact) mass is 315 g/mol. The van der Waals surface area contributed by atoms with Gasteiger partial charge in [0, 0.05) is 44.5 Å². The first-order chi connectivity index (χ1) is 11.0. The van der Waals surface area contributed by atoms with Crippen LogP contribution in [0.4, 0.5) is 0 Å². The van der Waals surface area contributed by atoms with Gasteiger partial charge in [0.15, 0.2) is 0 Å². The second-order valence-electron chi connectivity index (χ2n) is 6.65. The maximum absolute atomic E-state index is 12.6. The number of carbonyl (C=O) groups is 1. The molecule has 1 saturated heterocycles. The fraction of sp³-hybridized carbons (Fsp3) is 0.588. The Morgan fingerprint density at radius 2 is 2.00 bits per heavy atom. The molecule has 0 unspecified atom stereocenters. The average molecular weight is 315 g/mol. The molecule has 0 saturated carbocycles. The Morgan fingerprint density at radius 1 is 1.30 bits per heavy atom. The zero-order chi connectivity index (χ0) is 16.6. The number of hydrogen-bond acceptors (Lipinski definition) is 3. The van der Waals surface area contributed by atoms with Crippen molar-refractivity contribution < 1.29 is 4.79 Å². The third-order valence-electron chi connectivity index (χ3n) is 4.62. The third-order valence-corrected chi connectivity index (χ3v) is 4.62. The molecule has 0 aromatic carbocycles. The Bertz CT molecular complexity index is 692. The van der Waals surface area contributed by atoms with Gasteiger partial charge in [-0.3, -0.25) is 9.48 Å². The van der Waals surface area contributed by atoms with E-state index in [2.05, 4.69) is 34.7 Å². The fourth-order valence-electron chi connectivity index (χ4n) is 3.39. The molecule has 2 aromatic rings. The number of hydrogen-bond donors (Lipinski definition) is 0. The van der Waals surface area contributed by atoms with E-state index in [4.69, 9.17) is 0 Å². The van der Waals surface area contributed by atoms with Crippen LogP contribution < -0.4 is 0 Å². The van der Waals surface area contributed by atoms with Gasteiger partial charge in [0.05, 0.1) is 5.69 Å². The fourth-order valence-corrected chi connectivity index (χ4v) is 3.39. The van der Waals surface area contributed by atoms with Gasteiger partial charge in [-0.1, -0.05) is 0 Å². The zero-order valence-electron chi connectivity index (χ0n) is 14.4. The van der Waals surface area contributed by atoms with Crippen molar-refractivity contribution in [1.82, 2.24) is 24.2 Å². The van der Waals surface area contributed by atoms with Gasteiger partial charge in [0.2, 0.25) is 0 Å². The van der Waals surface area contributed by atoms with E-state index in [-0.39, 0.29) is 5.91 Å². The maximum atomic E-state index is 12.6. The van der Waals surface area contributed by atoms with Gasteiger partial charge in [-0.15, -0.1) is 0 Å². The van der Waals surface area contributed by atoms with Crippen molar-refractivity contribution in [2.24, 2.45) is 7.05 Å². The van der Waals surface area contributed by atoms with Crippen molar-refractivity contribution in [2.75, 3.05) is 13.1 Å². The molecule has 0 aliphatic carbocycles. The smallest absolute Gasteiger partial charge is 0.272 e. The number of amides is 1. The van der Waals surface area contributed by atoms with Crippen LogP contribution in [-0.2, 0) is 7.05 Å². The van der Waals surface area contributed by atoms with Crippen LogP contribution in [0.2, 0.25) is 0 Å². The summed E-state index contributed by atoms with van der Waals surface area (Å²) in [5.41, 5.74) is 1.55.